The van der Waals surface area contributed by atoms with E-state index in [0.29, 0.717) is 10.8 Å². The first kappa shape index (κ1) is 45.6. The number of nitrogen functional groups attached to an aromatic ring is 1. The number of nitrogens with zero attached hydrogens (tertiary/aromatic N) is 3. The van der Waals surface area contributed by atoms with E-state index in [4.69, 9.17) is 59.5 Å². The first-order valence-corrected chi connectivity index (χ1v) is 16.8. The Morgan fingerprint density at radius 2 is 1.04 bits per heavy atom. The number of pyridine rings is 3. The molecule has 3 aromatic heterocycles. The fraction of sp³-hybridized carbons (Fsp3) is 0.457. The third kappa shape index (κ3) is 19.3. The molecule has 2 amide bonds. The summed E-state index contributed by atoms with van der Waals surface area (Å²) in [4.78, 5) is 59.5. The predicted octanol–water partition coefficient (Wildman–Crippen LogP) is 9.39. The van der Waals surface area contributed by atoms with Gasteiger partial charge in [0.05, 0.1) is 11.4 Å². The van der Waals surface area contributed by atoms with Gasteiger partial charge in [-0.2, -0.15) is 0 Å². The van der Waals surface area contributed by atoms with Gasteiger partial charge in [-0.05, 0) is 101 Å². The summed E-state index contributed by atoms with van der Waals surface area (Å²) in [6, 6.07) is 6.10. The Kier molecular flexibility index (Phi) is 16.6. The van der Waals surface area contributed by atoms with E-state index < -0.39 is 46.5 Å². The molecule has 0 radical (unpaired) electrons. The van der Waals surface area contributed by atoms with Crippen molar-refractivity contribution in [1.29, 1.82) is 0 Å². The van der Waals surface area contributed by atoms with Crippen molar-refractivity contribution in [2.24, 2.45) is 0 Å². The summed E-state index contributed by atoms with van der Waals surface area (Å²) in [5.74, 6) is -1.28. The number of hydrogen-bond donors (Lipinski definition) is 3. The number of anilines is 3. The molecule has 0 aromatic carbocycles. The lowest BCUT2D eigenvalue weighted by molar-refractivity contribution is 0.00574. The number of aromatic nitrogens is 3. The number of carbonyl (C=O) groups is 4. The number of amides is 2. The number of hydrogen-bond acceptors (Lipinski definition) is 12. The number of esters is 2. The highest BCUT2D eigenvalue weighted by molar-refractivity contribution is 6.33. The van der Waals surface area contributed by atoms with E-state index in [-0.39, 0.29) is 32.8 Å². The Morgan fingerprint density at radius 3 is 1.48 bits per heavy atom. The van der Waals surface area contributed by atoms with Crippen LogP contribution in [0.4, 0.5) is 26.7 Å². The number of rotatable bonds is 4. The van der Waals surface area contributed by atoms with Gasteiger partial charge < -0.3 is 24.7 Å². The van der Waals surface area contributed by atoms with Crippen LogP contribution < -0.4 is 16.4 Å². The lowest BCUT2D eigenvalue weighted by Gasteiger charge is -2.22. The third-order valence-electron chi connectivity index (χ3n) is 5.02. The van der Waals surface area contributed by atoms with Crippen LogP contribution in [0, 0.1) is 0 Å². The smallest absolute Gasteiger partial charge is 0.412 e. The third-order valence-corrected chi connectivity index (χ3v) is 5.72. The van der Waals surface area contributed by atoms with Gasteiger partial charge in [0.25, 0.3) is 0 Å². The van der Waals surface area contributed by atoms with Gasteiger partial charge in [0, 0.05) is 30.3 Å². The Morgan fingerprint density at radius 1 is 0.596 bits per heavy atom. The highest BCUT2D eigenvalue weighted by atomic mass is 35.5. The van der Waals surface area contributed by atoms with Crippen molar-refractivity contribution < 1.29 is 38.1 Å². The zero-order valence-electron chi connectivity index (χ0n) is 31.4. The van der Waals surface area contributed by atoms with Crippen LogP contribution in [-0.4, -0.2) is 61.5 Å². The van der Waals surface area contributed by atoms with E-state index in [0.717, 1.165) is 0 Å². The Bertz CT molecular complexity index is 1670. The van der Waals surface area contributed by atoms with Crippen molar-refractivity contribution >= 4 is 76.0 Å². The molecule has 286 valence electrons. The summed E-state index contributed by atoms with van der Waals surface area (Å²) in [5, 5.41) is 5.50. The number of carbonyl (C=O) groups excluding carboxylic acids is 4. The number of ether oxygens (including phenoxy) is 4. The summed E-state index contributed by atoms with van der Waals surface area (Å²) in [7, 11) is 0. The Balaban J connectivity index is 0.000000429. The molecule has 0 saturated heterocycles. The summed E-state index contributed by atoms with van der Waals surface area (Å²) >= 11 is 17.2. The molecule has 0 saturated carbocycles. The standard InChI is InChI=1S/2C15H21ClN2O4.C5H5ClN2/c1-14(2,3)21-12(19)9-8-17-11(16)7-10(9)18-13(20)22-15(4,5)6;1-14(2,3)21-12(19)10-9(7-8-17-11(10)16)18-13(20)22-15(4,5)6;6-5-3-4(7)1-2-8-5/h2*7-8H,1-6H3,(H,17,18,20);1-3H,(H2,7,8). The zero-order chi connectivity index (χ0) is 40.2. The molecular weight excluding hydrogens is 739 g/mol. The molecule has 14 nitrogen and oxygen atoms in total. The molecule has 0 spiro atoms. The van der Waals surface area contributed by atoms with E-state index in [1.807, 2.05) is 0 Å². The van der Waals surface area contributed by atoms with Gasteiger partial charge in [-0.3, -0.25) is 10.6 Å². The summed E-state index contributed by atoms with van der Waals surface area (Å²) in [6.07, 6.45) is 2.81. The van der Waals surface area contributed by atoms with Crippen LogP contribution in [0.1, 0.15) is 104 Å². The molecule has 52 heavy (non-hydrogen) atoms. The van der Waals surface area contributed by atoms with Gasteiger partial charge in [0.1, 0.15) is 49.0 Å². The van der Waals surface area contributed by atoms with Gasteiger partial charge in [-0.25, -0.2) is 34.1 Å². The van der Waals surface area contributed by atoms with Crippen LogP contribution in [0.15, 0.2) is 42.9 Å². The number of halogens is 3. The van der Waals surface area contributed by atoms with Crippen molar-refractivity contribution in [3.05, 3.63) is 69.4 Å². The van der Waals surface area contributed by atoms with E-state index in [1.54, 1.807) is 101 Å². The fourth-order valence-corrected chi connectivity index (χ4v) is 3.91. The summed E-state index contributed by atoms with van der Waals surface area (Å²) < 4.78 is 20.8. The molecule has 0 aliphatic carbocycles. The van der Waals surface area contributed by atoms with Crippen molar-refractivity contribution in [3.8, 4) is 0 Å². The minimum absolute atomic E-state index is 0.00930. The first-order valence-electron chi connectivity index (χ1n) is 15.7. The average Bonchev–Trinajstić information content (AvgIpc) is 2.89. The molecule has 0 atom stereocenters. The maximum atomic E-state index is 12.2. The largest absolute Gasteiger partial charge is 0.456 e. The Hall–Kier alpha value is -4.40. The average molecular weight is 786 g/mol. The van der Waals surface area contributed by atoms with E-state index in [1.165, 1.54) is 24.5 Å². The molecule has 0 aliphatic heterocycles. The van der Waals surface area contributed by atoms with Crippen LogP contribution in [0.25, 0.3) is 0 Å². The molecule has 0 bridgehead atoms. The highest BCUT2D eigenvalue weighted by Gasteiger charge is 2.26. The minimum atomic E-state index is -0.695. The molecule has 4 N–H and O–H groups in total. The van der Waals surface area contributed by atoms with Gasteiger partial charge in [-0.1, -0.05) is 34.8 Å². The van der Waals surface area contributed by atoms with Gasteiger partial charge in [0.2, 0.25) is 0 Å². The Labute approximate surface area is 319 Å². The minimum Gasteiger partial charge on any atom is -0.456 e. The first-order chi connectivity index (χ1) is 23.5. The second-order valence-electron chi connectivity index (χ2n) is 14.7. The SMILES string of the molecule is CC(C)(C)OC(=O)Nc1cc(Cl)ncc1C(=O)OC(C)(C)C.CC(C)(C)OC(=O)Nc1ccnc(Cl)c1C(=O)OC(C)(C)C.Nc1ccnc(Cl)c1. The van der Waals surface area contributed by atoms with Gasteiger partial charge >= 0.3 is 24.1 Å². The highest BCUT2D eigenvalue weighted by Crippen LogP contribution is 2.26. The molecule has 0 aliphatic rings. The zero-order valence-corrected chi connectivity index (χ0v) is 33.6. The van der Waals surface area contributed by atoms with Crippen LogP contribution in [0.2, 0.25) is 15.5 Å². The van der Waals surface area contributed by atoms with Crippen molar-refractivity contribution in [1.82, 2.24) is 15.0 Å². The lowest BCUT2D eigenvalue weighted by atomic mass is 10.1. The molecule has 0 unspecified atom stereocenters. The predicted molar refractivity (Wildman–Crippen MR) is 202 cm³/mol. The van der Waals surface area contributed by atoms with Gasteiger partial charge in [0.15, 0.2) is 0 Å². The molecular formula is C35H47Cl3N6O8. The molecule has 0 fully saturated rings. The lowest BCUT2D eigenvalue weighted by Crippen LogP contribution is -2.29. The van der Waals surface area contributed by atoms with E-state index in [2.05, 4.69) is 25.6 Å². The quantitative estimate of drug-likeness (QED) is 0.129. The second-order valence-corrected chi connectivity index (χ2v) is 15.9. The van der Waals surface area contributed by atoms with Crippen LogP contribution >= 0.6 is 34.8 Å². The van der Waals surface area contributed by atoms with Gasteiger partial charge in [-0.15, -0.1) is 0 Å². The second kappa shape index (κ2) is 18.9. The molecule has 3 heterocycles. The normalized spacial score (nSPS) is 11.4. The molecule has 3 aromatic rings. The maximum Gasteiger partial charge on any atom is 0.412 e. The molecule has 17 heteroatoms. The van der Waals surface area contributed by atoms with Crippen LogP contribution in [0.5, 0.6) is 0 Å². The number of nitrogens with one attached hydrogen (secondary N) is 2. The fourth-order valence-electron chi connectivity index (χ4n) is 3.34. The van der Waals surface area contributed by atoms with E-state index in [9.17, 15) is 19.2 Å². The van der Waals surface area contributed by atoms with Crippen molar-refractivity contribution in [2.75, 3.05) is 16.4 Å². The van der Waals surface area contributed by atoms with E-state index >= 15 is 0 Å². The maximum absolute atomic E-state index is 12.2. The van der Waals surface area contributed by atoms with Crippen LogP contribution in [0.3, 0.4) is 0 Å². The summed E-state index contributed by atoms with van der Waals surface area (Å²) in [6.45, 7) is 20.9. The monoisotopic (exact) mass is 784 g/mol. The van der Waals surface area contributed by atoms with Crippen molar-refractivity contribution in [3.63, 3.8) is 0 Å². The molecule has 3 rings (SSSR count). The van der Waals surface area contributed by atoms with Crippen LogP contribution in [-0.2, 0) is 18.9 Å². The van der Waals surface area contributed by atoms with Crippen molar-refractivity contribution in [2.45, 2.75) is 105 Å². The summed E-state index contributed by atoms with van der Waals surface area (Å²) in [5.41, 5.74) is 3.76. The topological polar surface area (TPSA) is 194 Å². The number of nitrogens with two attached hydrogens (primary N) is 1.